The average molecular weight is 472 g/mol. The highest BCUT2D eigenvalue weighted by molar-refractivity contribution is 6.34. The number of amides is 3. The second-order valence-corrected chi connectivity index (χ2v) is 8.45. The van der Waals surface area contributed by atoms with Crippen molar-refractivity contribution in [2.75, 3.05) is 40.3 Å². The Morgan fingerprint density at radius 1 is 1.15 bits per heavy atom. The van der Waals surface area contributed by atoms with Gasteiger partial charge >= 0.3 is 11.8 Å². The number of likely N-dealkylation sites (N-methyl/N-ethyl adjacent to an activating group) is 1. The van der Waals surface area contributed by atoms with E-state index < -0.39 is 46.6 Å². The lowest BCUT2D eigenvalue weighted by atomic mass is 10.1. The first-order valence-electron chi connectivity index (χ1n) is 10.8. The van der Waals surface area contributed by atoms with E-state index in [1.54, 1.807) is 0 Å². The fourth-order valence-corrected chi connectivity index (χ4v) is 4.12. The van der Waals surface area contributed by atoms with Crippen LogP contribution in [0.4, 0.5) is 4.39 Å². The summed E-state index contributed by atoms with van der Waals surface area (Å²) in [4.78, 5) is 59.9. The predicted molar refractivity (Wildman–Crippen MR) is 117 cm³/mol. The molecule has 2 unspecified atom stereocenters. The monoisotopic (exact) mass is 472 g/mol. The highest BCUT2D eigenvalue weighted by atomic mass is 19.1. The van der Waals surface area contributed by atoms with Crippen LogP contribution in [0.3, 0.4) is 0 Å². The van der Waals surface area contributed by atoms with Gasteiger partial charge in [0.15, 0.2) is 5.69 Å². The van der Waals surface area contributed by atoms with Gasteiger partial charge < -0.3 is 20.2 Å². The molecule has 1 saturated heterocycles. The number of hydrogen-bond donors (Lipinski definition) is 2. The van der Waals surface area contributed by atoms with Crippen LogP contribution in [0.5, 0.6) is 5.75 Å². The second kappa shape index (κ2) is 9.21. The molecule has 0 aliphatic carbocycles. The van der Waals surface area contributed by atoms with Gasteiger partial charge in [-0.25, -0.2) is 9.37 Å². The molecule has 2 bridgehead atoms. The van der Waals surface area contributed by atoms with E-state index in [1.807, 2.05) is 4.90 Å². The Hall–Kier alpha value is -3.80. The zero-order valence-electron chi connectivity index (χ0n) is 18.8. The fourth-order valence-electron chi connectivity index (χ4n) is 4.12. The Morgan fingerprint density at radius 3 is 2.50 bits per heavy atom. The molecule has 2 aromatic rings. The first-order chi connectivity index (χ1) is 16.2. The van der Waals surface area contributed by atoms with E-state index in [0.717, 1.165) is 0 Å². The number of aromatic nitrogens is 2. The van der Waals surface area contributed by atoms with Gasteiger partial charge in [0.05, 0.1) is 0 Å². The minimum absolute atomic E-state index is 0.0256. The normalized spacial score (nSPS) is 19.1. The van der Waals surface area contributed by atoms with E-state index in [9.17, 15) is 28.7 Å². The summed E-state index contributed by atoms with van der Waals surface area (Å²) < 4.78 is 14.4. The van der Waals surface area contributed by atoms with Gasteiger partial charge in [0, 0.05) is 53.4 Å². The average Bonchev–Trinajstić information content (AvgIpc) is 2.96. The molecule has 1 aromatic heterocycles. The molecular weight excluding hydrogens is 447 g/mol. The van der Waals surface area contributed by atoms with Crippen molar-refractivity contribution in [3.05, 3.63) is 57.5 Å². The minimum atomic E-state index is -0.797. The van der Waals surface area contributed by atoms with Crippen molar-refractivity contribution in [1.82, 2.24) is 29.6 Å². The SMILES string of the molecule is CN(C)C(=O)C(=O)N1CCN2CCn3c(nc(C(=O)NCc4ccc(F)cc4)c(O)c3=O)C1C2. The topological polar surface area (TPSA) is 128 Å². The van der Waals surface area contributed by atoms with Crippen LogP contribution in [0, 0.1) is 5.82 Å². The van der Waals surface area contributed by atoms with E-state index in [-0.39, 0.29) is 25.5 Å². The molecule has 0 radical (unpaired) electrons. The second-order valence-electron chi connectivity index (χ2n) is 8.45. The van der Waals surface area contributed by atoms with Crippen molar-refractivity contribution in [2.45, 2.75) is 19.1 Å². The number of carbonyl (C=O) groups excluding carboxylic acids is 3. The van der Waals surface area contributed by atoms with Gasteiger partial charge in [-0.3, -0.25) is 28.6 Å². The van der Waals surface area contributed by atoms with Crippen LogP contribution in [0.2, 0.25) is 0 Å². The third-order valence-corrected chi connectivity index (χ3v) is 6.01. The molecule has 11 nitrogen and oxygen atoms in total. The quantitative estimate of drug-likeness (QED) is 0.566. The maximum Gasteiger partial charge on any atom is 0.312 e. The van der Waals surface area contributed by atoms with Crippen molar-refractivity contribution in [3.8, 4) is 5.75 Å². The highest BCUT2D eigenvalue weighted by Gasteiger charge is 2.40. The van der Waals surface area contributed by atoms with Crippen molar-refractivity contribution >= 4 is 17.7 Å². The van der Waals surface area contributed by atoms with Gasteiger partial charge in [-0.2, -0.15) is 0 Å². The molecule has 3 heterocycles. The summed E-state index contributed by atoms with van der Waals surface area (Å²) in [6.07, 6.45) is 0. The first-order valence-corrected chi connectivity index (χ1v) is 10.8. The Morgan fingerprint density at radius 2 is 1.82 bits per heavy atom. The molecule has 2 aliphatic rings. The van der Waals surface area contributed by atoms with E-state index in [0.29, 0.717) is 25.2 Å². The number of carbonyl (C=O) groups is 3. The number of nitrogens with one attached hydrogen (secondary N) is 1. The zero-order chi connectivity index (χ0) is 24.6. The standard InChI is InChI=1S/C22H25FN6O5/c1-26(2)21(33)22(34)28-9-7-27-8-10-29-18(15(28)12-27)25-16(17(30)20(29)32)19(31)24-11-13-3-5-14(23)6-4-13/h3-6,15,30H,7-12H2,1-2H3,(H,24,31). The van der Waals surface area contributed by atoms with Gasteiger partial charge in [0.2, 0.25) is 5.75 Å². The number of nitrogens with zero attached hydrogens (tertiary/aromatic N) is 5. The summed E-state index contributed by atoms with van der Waals surface area (Å²) in [6, 6.07) is 4.75. The Labute approximate surface area is 194 Å². The summed E-state index contributed by atoms with van der Waals surface area (Å²) in [6.45, 7) is 1.84. The van der Waals surface area contributed by atoms with Crippen LogP contribution >= 0.6 is 0 Å². The number of halogens is 1. The summed E-state index contributed by atoms with van der Waals surface area (Å²) in [7, 11) is 2.95. The summed E-state index contributed by atoms with van der Waals surface area (Å²) in [5.41, 5.74) is -0.650. The molecule has 1 fully saturated rings. The largest absolute Gasteiger partial charge is 0.501 e. The van der Waals surface area contributed by atoms with E-state index in [2.05, 4.69) is 10.3 Å². The number of rotatable bonds is 3. The highest BCUT2D eigenvalue weighted by Crippen LogP contribution is 2.28. The van der Waals surface area contributed by atoms with Crippen LogP contribution in [-0.4, -0.2) is 87.4 Å². The summed E-state index contributed by atoms with van der Waals surface area (Å²) in [5, 5.41) is 13.0. The molecule has 12 heteroatoms. The Balaban J connectivity index is 1.68. The fraction of sp³-hybridized carbons (Fsp3) is 0.409. The Kier molecular flexibility index (Phi) is 6.33. The van der Waals surface area contributed by atoms with E-state index in [4.69, 9.17) is 0 Å². The number of piperazine rings is 1. The zero-order valence-corrected chi connectivity index (χ0v) is 18.8. The number of fused-ring (bicyclic) bond motifs is 4. The molecule has 2 N–H and O–H groups in total. The van der Waals surface area contributed by atoms with Gasteiger partial charge in [-0.05, 0) is 17.7 Å². The van der Waals surface area contributed by atoms with Gasteiger partial charge in [-0.15, -0.1) is 0 Å². The molecule has 2 atom stereocenters. The number of hydrogen-bond acceptors (Lipinski definition) is 7. The van der Waals surface area contributed by atoms with Crippen molar-refractivity contribution < 1.29 is 23.9 Å². The third kappa shape index (κ3) is 4.36. The lowest BCUT2D eigenvalue weighted by Crippen LogP contribution is -2.53. The first kappa shape index (κ1) is 23.4. The molecule has 180 valence electrons. The third-order valence-electron chi connectivity index (χ3n) is 6.01. The summed E-state index contributed by atoms with van der Waals surface area (Å²) in [5.74, 6) is -3.30. The molecule has 3 amide bonds. The van der Waals surface area contributed by atoms with Crippen LogP contribution in [0.1, 0.15) is 27.9 Å². The lowest BCUT2D eigenvalue weighted by Gasteiger charge is -2.39. The van der Waals surface area contributed by atoms with Crippen molar-refractivity contribution in [1.29, 1.82) is 0 Å². The maximum absolute atomic E-state index is 13.1. The number of aromatic hydroxyl groups is 1. The van der Waals surface area contributed by atoms with Gasteiger partial charge in [-0.1, -0.05) is 12.1 Å². The van der Waals surface area contributed by atoms with Crippen molar-refractivity contribution in [3.63, 3.8) is 0 Å². The minimum Gasteiger partial charge on any atom is -0.501 e. The maximum atomic E-state index is 13.1. The van der Waals surface area contributed by atoms with E-state index in [1.165, 1.54) is 52.7 Å². The van der Waals surface area contributed by atoms with Crippen LogP contribution in [0.25, 0.3) is 0 Å². The van der Waals surface area contributed by atoms with Crippen LogP contribution in [-0.2, 0) is 22.7 Å². The molecule has 4 rings (SSSR count). The van der Waals surface area contributed by atoms with Gasteiger partial charge in [0.25, 0.3) is 11.5 Å². The smallest absolute Gasteiger partial charge is 0.312 e. The number of benzene rings is 1. The van der Waals surface area contributed by atoms with Crippen molar-refractivity contribution in [2.24, 2.45) is 0 Å². The van der Waals surface area contributed by atoms with Crippen LogP contribution < -0.4 is 10.9 Å². The Bertz CT molecular complexity index is 1200. The van der Waals surface area contributed by atoms with Gasteiger partial charge in [0.1, 0.15) is 17.7 Å². The molecular formula is C22H25FN6O5. The lowest BCUT2D eigenvalue weighted by molar-refractivity contribution is -0.153. The van der Waals surface area contributed by atoms with E-state index >= 15 is 0 Å². The molecule has 0 spiro atoms. The summed E-state index contributed by atoms with van der Waals surface area (Å²) >= 11 is 0. The molecule has 1 aromatic carbocycles. The predicted octanol–water partition coefficient (Wildman–Crippen LogP) is -0.695. The van der Waals surface area contributed by atoms with Crippen LogP contribution in [0.15, 0.2) is 29.1 Å². The molecule has 0 saturated carbocycles. The molecule has 34 heavy (non-hydrogen) atoms. The molecule has 2 aliphatic heterocycles.